The summed E-state index contributed by atoms with van der Waals surface area (Å²) in [4.78, 5) is 16.6. The molecular formula is C18H21N3O2. The van der Waals surface area contributed by atoms with Crippen LogP contribution in [0.25, 0.3) is 0 Å². The molecule has 0 amide bonds. The summed E-state index contributed by atoms with van der Waals surface area (Å²) in [5.41, 5.74) is 9.03. The minimum Gasteiger partial charge on any atom is -0.465 e. The largest absolute Gasteiger partial charge is 0.465 e. The number of ether oxygens (including phenoxy) is 1. The first kappa shape index (κ1) is 15.2. The van der Waals surface area contributed by atoms with E-state index < -0.39 is 0 Å². The van der Waals surface area contributed by atoms with Crippen molar-refractivity contribution in [2.45, 2.75) is 0 Å². The fourth-order valence-corrected chi connectivity index (χ4v) is 2.95. The Morgan fingerprint density at radius 3 is 2.30 bits per heavy atom. The number of methoxy groups -OCH3 is 1. The highest BCUT2D eigenvalue weighted by Gasteiger charge is 2.22. The van der Waals surface area contributed by atoms with Crippen molar-refractivity contribution in [3.8, 4) is 0 Å². The summed E-state index contributed by atoms with van der Waals surface area (Å²) in [5.74, 6) is -0.349. The second-order valence-corrected chi connectivity index (χ2v) is 5.58. The van der Waals surface area contributed by atoms with Gasteiger partial charge in [-0.25, -0.2) is 4.79 Å². The lowest BCUT2D eigenvalue weighted by Gasteiger charge is -2.38. The fraction of sp³-hybridized carbons (Fsp3) is 0.278. The molecule has 0 atom stereocenters. The zero-order valence-corrected chi connectivity index (χ0v) is 13.2. The van der Waals surface area contributed by atoms with Crippen molar-refractivity contribution < 1.29 is 9.53 Å². The van der Waals surface area contributed by atoms with Crippen LogP contribution in [0.5, 0.6) is 0 Å². The normalized spacial score (nSPS) is 14.7. The SMILES string of the molecule is COC(=O)c1cc(N)ccc1N1CCN(c2ccccc2)CC1. The van der Waals surface area contributed by atoms with Crippen LogP contribution in [0.2, 0.25) is 0 Å². The molecule has 0 unspecified atom stereocenters. The first-order chi connectivity index (χ1) is 11.2. The molecule has 120 valence electrons. The van der Waals surface area contributed by atoms with Crippen LogP contribution in [0.3, 0.4) is 0 Å². The van der Waals surface area contributed by atoms with Crippen LogP contribution in [0.1, 0.15) is 10.4 Å². The predicted octanol–water partition coefficient (Wildman–Crippen LogP) is 2.38. The van der Waals surface area contributed by atoms with E-state index in [1.807, 2.05) is 18.2 Å². The van der Waals surface area contributed by atoms with Crippen molar-refractivity contribution in [3.05, 3.63) is 54.1 Å². The minimum absolute atomic E-state index is 0.349. The van der Waals surface area contributed by atoms with Gasteiger partial charge in [0.05, 0.1) is 18.4 Å². The minimum atomic E-state index is -0.349. The fourth-order valence-electron chi connectivity index (χ4n) is 2.95. The molecule has 1 aliphatic heterocycles. The van der Waals surface area contributed by atoms with E-state index in [1.165, 1.54) is 12.8 Å². The lowest BCUT2D eigenvalue weighted by atomic mass is 10.1. The Morgan fingerprint density at radius 1 is 1.00 bits per heavy atom. The number of hydrogen-bond acceptors (Lipinski definition) is 5. The molecule has 2 aromatic rings. The number of benzene rings is 2. The van der Waals surface area contributed by atoms with E-state index in [4.69, 9.17) is 10.5 Å². The molecule has 2 N–H and O–H groups in total. The molecule has 0 bridgehead atoms. The summed E-state index contributed by atoms with van der Waals surface area (Å²) in [5, 5.41) is 0. The number of carbonyl (C=O) groups excluding carboxylic acids is 1. The second kappa shape index (κ2) is 6.60. The number of esters is 1. The number of nitrogens with zero attached hydrogens (tertiary/aromatic N) is 2. The predicted molar refractivity (Wildman–Crippen MR) is 93.1 cm³/mol. The quantitative estimate of drug-likeness (QED) is 0.696. The number of anilines is 3. The van der Waals surface area contributed by atoms with Crippen LogP contribution < -0.4 is 15.5 Å². The lowest BCUT2D eigenvalue weighted by Crippen LogP contribution is -2.47. The van der Waals surface area contributed by atoms with E-state index in [0.717, 1.165) is 31.9 Å². The number of rotatable bonds is 3. The number of hydrogen-bond donors (Lipinski definition) is 1. The Bertz CT molecular complexity index is 680. The van der Waals surface area contributed by atoms with Crippen molar-refractivity contribution in [2.24, 2.45) is 0 Å². The van der Waals surface area contributed by atoms with Crippen molar-refractivity contribution >= 4 is 23.0 Å². The molecule has 1 fully saturated rings. The van der Waals surface area contributed by atoms with Crippen molar-refractivity contribution in [1.82, 2.24) is 0 Å². The maximum Gasteiger partial charge on any atom is 0.340 e. The Kier molecular flexibility index (Phi) is 4.37. The van der Waals surface area contributed by atoms with E-state index in [2.05, 4.69) is 34.1 Å². The van der Waals surface area contributed by atoms with Gasteiger partial charge in [0.15, 0.2) is 0 Å². The monoisotopic (exact) mass is 311 g/mol. The van der Waals surface area contributed by atoms with Gasteiger partial charge in [0.2, 0.25) is 0 Å². The number of piperazine rings is 1. The molecule has 3 rings (SSSR count). The van der Waals surface area contributed by atoms with Crippen LogP contribution in [0, 0.1) is 0 Å². The van der Waals surface area contributed by atoms with Crippen molar-refractivity contribution in [1.29, 1.82) is 0 Å². The average molecular weight is 311 g/mol. The summed E-state index contributed by atoms with van der Waals surface area (Å²) < 4.78 is 4.88. The molecule has 0 aliphatic carbocycles. The van der Waals surface area contributed by atoms with Crippen LogP contribution >= 0.6 is 0 Å². The summed E-state index contributed by atoms with van der Waals surface area (Å²) in [6.45, 7) is 3.52. The van der Waals surface area contributed by atoms with Gasteiger partial charge in [0, 0.05) is 37.6 Å². The maximum atomic E-state index is 12.0. The molecule has 5 heteroatoms. The lowest BCUT2D eigenvalue weighted by molar-refractivity contribution is 0.0601. The standard InChI is InChI=1S/C18H21N3O2/c1-23-18(22)16-13-14(19)7-8-17(16)21-11-9-20(10-12-21)15-5-3-2-4-6-15/h2-8,13H,9-12,19H2,1H3. The number of nitrogen functional groups attached to an aromatic ring is 1. The van der Waals surface area contributed by atoms with Crippen LogP contribution in [0.4, 0.5) is 17.1 Å². The highest BCUT2D eigenvalue weighted by atomic mass is 16.5. The number of para-hydroxylation sites is 1. The molecule has 0 spiro atoms. The summed E-state index contributed by atoms with van der Waals surface area (Å²) in [6.07, 6.45) is 0. The van der Waals surface area contributed by atoms with Gasteiger partial charge in [-0.2, -0.15) is 0 Å². The van der Waals surface area contributed by atoms with Crippen molar-refractivity contribution in [3.63, 3.8) is 0 Å². The molecule has 0 saturated carbocycles. The van der Waals surface area contributed by atoms with Crippen LogP contribution in [-0.2, 0) is 4.74 Å². The van der Waals surface area contributed by atoms with Gasteiger partial charge in [-0.15, -0.1) is 0 Å². The molecule has 0 radical (unpaired) electrons. The second-order valence-electron chi connectivity index (χ2n) is 5.58. The Balaban J connectivity index is 1.76. The third kappa shape index (κ3) is 3.23. The van der Waals surface area contributed by atoms with Gasteiger partial charge in [-0.3, -0.25) is 0 Å². The van der Waals surface area contributed by atoms with Gasteiger partial charge >= 0.3 is 5.97 Å². The van der Waals surface area contributed by atoms with E-state index in [0.29, 0.717) is 11.3 Å². The molecule has 5 nitrogen and oxygen atoms in total. The third-order valence-electron chi connectivity index (χ3n) is 4.17. The molecule has 23 heavy (non-hydrogen) atoms. The topological polar surface area (TPSA) is 58.8 Å². The first-order valence-corrected chi connectivity index (χ1v) is 7.72. The Labute approximate surface area is 136 Å². The third-order valence-corrected chi connectivity index (χ3v) is 4.17. The average Bonchev–Trinajstić information content (AvgIpc) is 2.62. The highest BCUT2D eigenvalue weighted by molar-refractivity contribution is 5.97. The molecule has 1 heterocycles. The summed E-state index contributed by atoms with van der Waals surface area (Å²) in [7, 11) is 1.39. The van der Waals surface area contributed by atoms with E-state index in [-0.39, 0.29) is 5.97 Å². The van der Waals surface area contributed by atoms with E-state index in [9.17, 15) is 4.79 Å². The van der Waals surface area contributed by atoms with E-state index in [1.54, 1.807) is 6.07 Å². The summed E-state index contributed by atoms with van der Waals surface area (Å²) >= 11 is 0. The van der Waals surface area contributed by atoms with Crippen molar-refractivity contribution in [2.75, 3.05) is 48.8 Å². The zero-order valence-electron chi connectivity index (χ0n) is 13.2. The maximum absolute atomic E-state index is 12.0. The molecule has 0 aromatic heterocycles. The molecule has 1 aliphatic rings. The smallest absolute Gasteiger partial charge is 0.340 e. The number of nitrogens with two attached hydrogens (primary N) is 1. The summed E-state index contributed by atoms with van der Waals surface area (Å²) in [6, 6.07) is 15.8. The molecule has 1 saturated heterocycles. The number of carbonyl (C=O) groups is 1. The van der Waals surface area contributed by atoms with Gasteiger partial charge < -0.3 is 20.3 Å². The Morgan fingerprint density at radius 2 is 1.65 bits per heavy atom. The van der Waals surface area contributed by atoms with Crippen LogP contribution in [0.15, 0.2) is 48.5 Å². The highest BCUT2D eigenvalue weighted by Crippen LogP contribution is 2.26. The van der Waals surface area contributed by atoms with Gasteiger partial charge in [0.1, 0.15) is 0 Å². The van der Waals surface area contributed by atoms with Gasteiger partial charge in [-0.05, 0) is 30.3 Å². The van der Waals surface area contributed by atoms with Gasteiger partial charge in [-0.1, -0.05) is 18.2 Å². The molecular weight excluding hydrogens is 290 g/mol. The van der Waals surface area contributed by atoms with Gasteiger partial charge in [0.25, 0.3) is 0 Å². The molecule has 2 aromatic carbocycles. The van der Waals surface area contributed by atoms with Crippen LogP contribution in [-0.4, -0.2) is 39.3 Å². The zero-order chi connectivity index (χ0) is 16.2. The van der Waals surface area contributed by atoms with E-state index >= 15 is 0 Å². The Hall–Kier alpha value is -2.69. The first-order valence-electron chi connectivity index (χ1n) is 7.72.